The van der Waals surface area contributed by atoms with Crippen LogP contribution < -0.4 is 0 Å². The standard InChI is InChI=1S/C31H35ClF2N4O4/c1-4-5-12-40-30(39)37-10-8-19-14-21(28(33)34)13-18(23(19)16-37)6-7-20-15-24(26-25(20)41-31(2,3)42-26)38-11-9-22-27(32)35-17-36-29(22)38/h9,11,13-15,17,24-26,28H,4-8,10,12,16H2,1-3H3/t24-,25-,26+/m1/s1. The SMILES string of the molecule is CCCCOC(=O)N1CCc2cc(C(F)F)cc(CCC3=C[C@@H](n4ccc5c(Cl)ncnc54)[C@@H]4OC(C)(C)O[C@H]34)c2C1. The van der Waals surface area contributed by atoms with Crippen LogP contribution >= 0.6 is 11.6 Å². The van der Waals surface area contributed by atoms with Crippen molar-refractivity contribution in [1.29, 1.82) is 0 Å². The molecular formula is C31H35ClF2N4O4. The van der Waals surface area contributed by atoms with E-state index in [2.05, 4.69) is 16.0 Å². The molecule has 3 atom stereocenters. The van der Waals surface area contributed by atoms with Crippen LogP contribution in [0.25, 0.3) is 11.0 Å². The van der Waals surface area contributed by atoms with Gasteiger partial charge in [0.1, 0.15) is 29.3 Å². The average Bonchev–Trinajstić information content (AvgIpc) is 3.62. The van der Waals surface area contributed by atoms with Crippen LogP contribution in [0.1, 0.15) is 74.8 Å². The molecular weight excluding hydrogens is 566 g/mol. The number of hydrogen-bond acceptors (Lipinski definition) is 6. The van der Waals surface area contributed by atoms with Crippen LogP contribution in [0, 0.1) is 0 Å². The number of alkyl halides is 2. The summed E-state index contributed by atoms with van der Waals surface area (Å²) in [5, 5.41) is 1.14. The van der Waals surface area contributed by atoms with Crippen LogP contribution in [0.3, 0.4) is 0 Å². The summed E-state index contributed by atoms with van der Waals surface area (Å²) < 4.78 is 48.0. The fourth-order valence-corrected chi connectivity index (χ4v) is 6.53. The largest absolute Gasteiger partial charge is 0.449 e. The zero-order valence-electron chi connectivity index (χ0n) is 24.0. The Bertz CT molecular complexity index is 1520. The highest BCUT2D eigenvalue weighted by atomic mass is 35.5. The minimum Gasteiger partial charge on any atom is -0.449 e. The van der Waals surface area contributed by atoms with E-state index in [1.807, 2.05) is 37.6 Å². The number of aryl methyl sites for hydroxylation is 1. The van der Waals surface area contributed by atoms with Crippen molar-refractivity contribution in [2.45, 2.75) is 89.9 Å². The Hall–Kier alpha value is -3.08. The number of unbranched alkanes of at least 4 members (excludes halogenated alkanes) is 1. The minimum atomic E-state index is -2.58. The molecule has 0 spiro atoms. The lowest BCUT2D eigenvalue weighted by atomic mass is 9.89. The maximum Gasteiger partial charge on any atom is 0.410 e. The summed E-state index contributed by atoms with van der Waals surface area (Å²) in [5.74, 6) is -0.782. The van der Waals surface area contributed by atoms with Gasteiger partial charge in [-0.25, -0.2) is 23.5 Å². The fraction of sp³-hybridized carbons (Fsp3) is 0.516. The van der Waals surface area contributed by atoms with Crippen LogP contribution in [-0.4, -0.2) is 56.7 Å². The number of hydrogen-bond donors (Lipinski definition) is 0. The first kappa shape index (κ1) is 29.0. The van der Waals surface area contributed by atoms with Crippen molar-refractivity contribution in [2.24, 2.45) is 0 Å². The molecule has 0 radical (unpaired) electrons. The number of fused-ring (bicyclic) bond motifs is 3. The van der Waals surface area contributed by atoms with E-state index < -0.39 is 12.2 Å². The number of ether oxygens (including phenoxy) is 3. The zero-order chi connectivity index (χ0) is 29.6. The molecule has 2 aliphatic heterocycles. The summed E-state index contributed by atoms with van der Waals surface area (Å²) in [5.41, 5.74) is 4.37. The van der Waals surface area contributed by atoms with Crippen LogP contribution in [0.2, 0.25) is 5.15 Å². The highest BCUT2D eigenvalue weighted by Crippen LogP contribution is 2.45. The number of aromatic nitrogens is 3. The van der Waals surface area contributed by atoms with E-state index in [1.165, 1.54) is 6.33 Å². The van der Waals surface area contributed by atoms with Gasteiger partial charge in [0, 0.05) is 24.8 Å². The first-order valence-corrected chi connectivity index (χ1v) is 14.9. The summed E-state index contributed by atoms with van der Waals surface area (Å²) in [6.07, 6.45) is 5.36. The van der Waals surface area contributed by atoms with Gasteiger partial charge in [-0.2, -0.15) is 0 Å². The fourth-order valence-electron chi connectivity index (χ4n) is 6.33. The maximum atomic E-state index is 13.9. The van der Waals surface area contributed by atoms with E-state index >= 15 is 0 Å². The summed E-state index contributed by atoms with van der Waals surface area (Å²) in [6.45, 7) is 6.99. The second kappa shape index (κ2) is 11.5. The van der Waals surface area contributed by atoms with Gasteiger partial charge >= 0.3 is 6.09 Å². The molecule has 1 aromatic carbocycles. The molecule has 0 saturated carbocycles. The Morgan fingerprint density at radius 1 is 1.24 bits per heavy atom. The van der Waals surface area contributed by atoms with Crippen LogP contribution in [0.4, 0.5) is 13.6 Å². The van der Waals surface area contributed by atoms with Gasteiger partial charge < -0.3 is 23.7 Å². The van der Waals surface area contributed by atoms with Gasteiger partial charge in [-0.15, -0.1) is 0 Å². The first-order valence-electron chi connectivity index (χ1n) is 14.5. The topological polar surface area (TPSA) is 78.7 Å². The summed E-state index contributed by atoms with van der Waals surface area (Å²) in [6, 6.07) is 4.88. The molecule has 42 heavy (non-hydrogen) atoms. The van der Waals surface area contributed by atoms with Gasteiger partial charge in [-0.1, -0.05) is 31.0 Å². The van der Waals surface area contributed by atoms with Crippen LogP contribution in [0.5, 0.6) is 0 Å². The summed E-state index contributed by atoms with van der Waals surface area (Å²) >= 11 is 6.31. The summed E-state index contributed by atoms with van der Waals surface area (Å²) in [4.78, 5) is 22.9. The Morgan fingerprint density at radius 2 is 2.07 bits per heavy atom. The molecule has 1 amide bonds. The third kappa shape index (κ3) is 5.52. The molecule has 0 N–H and O–H groups in total. The van der Waals surface area contributed by atoms with Crippen molar-refractivity contribution in [2.75, 3.05) is 13.2 Å². The van der Waals surface area contributed by atoms with E-state index in [1.54, 1.807) is 17.0 Å². The predicted molar refractivity (Wildman–Crippen MR) is 154 cm³/mol. The number of carbonyl (C=O) groups is 1. The molecule has 1 fully saturated rings. The number of nitrogens with zero attached hydrogens (tertiary/aromatic N) is 4. The normalized spacial score (nSPS) is 22.9. The molecule has 6 rings (SSSR count). The molecule has 2 aromatic heterocycles. The molecule has 4 heterocycles. The predicted octanol–water partition coefficient (Wildman–Crippen LogP) is 6.95. The number of carbonyl (C=O) groups excluding carboxylic acids is 1. The molecule has 8 nitrogen and oxygen atoms in total. The van der Waals surface area contributed by atoms with Crippen molar-refractivity contribution in [1.82, 2.24) is 19.4 Å². The van der Waals surface area contributed by atoms with Crippen molar-refractivity contribution >= 4 is 28.7 Å². The Balaban J connectivity index is 1.28. The van der Waals surface area contributed by atoms with Gasteiger partial charge in [0.25, 0.3) is 6.43 Å². The number of rotatable bonds is 8. The van der Waals surface area contributed by atoms with Crippen molar-refractivity contribution in [3.8, 4) is 0 Å². The molecule has 11 heteroatoms. The maximum absolute atomic E-state index is 13.9. The number of halogens is 3. The van der Waals surface area contributed by atoms with E-state index in [0.29, 0.717) is 49.8 Å². The molecule has 224 valence electrons. The molecule has 1 saturated heterocycles. The molecule has 1 aliphatic carbocycles. The van der Waals surface area contributed by atoms with Gasteiger partial charge in [0.05, 0.1) is 18.0 Å². The smallest absolute Gasteiger partial charge is 0.410 e. The quantitative estimate of drug-likeness (QED) is 0.158. The second-order valence-corrected chi connectivity index (χ2v) is 12.0. The molecule has 0 unspecified atom stereocenters. The third-order valence-electron chi connectivity index (χ3n) is 8.37. The molecule has 3 aliphatic rings. The van der Waals surface area contributed by atoms with Crippen LogP contribution in [0.15, 0.2) is 42.4 Å². The van der Waals surface area contributed by atoms with Crippen molar-refractivity contribution < 1.29 is 27.8 Å². The monoisotopic (exact) mass is 600 g/mol. The Labute approximate surface area is 248 Å². The van der Waals surface area contributed by atoms with Gasteiger partial charge in [0.2, 0.25) is 0 Å². The van der Waals surface area contributed by atoms with Crippen LogP contribution in [-0.2, 0) is 33.6 Å². The highest BCUT2D eigenvalue weighted by molar-refractivity contribution is 6.33. The minimum absolute atomic E-state index is 0.0100. The van der Waals surface area contributed by atoms with E-state index in [-0.39, 0.29) is 29.9 Å². The van der Waals surface area contributed by atoms with E-state index in [4.69, 9.17) is 25.8 Å². The summed E-state index contributed by atoms with van der Waals surface area (Å²) in [7, 11) is 0. The van der Waals surface area contributed by atoms with Gasteiger partial charge in [-0.05, 0) is 80.0 Å². The zero-order valence-corrected chi connectivity index (χ0v) is 24.7. The average molecular weight is 601 g/mol. The van der Waals surface area contributed by atoms with E-state index in [0.717, 1.165) is 40.5 Å². The molecule has 0 bridgehead atoms. The lowest BCUT2D eigenvalue weighted by Crippen LogP contribution is -2.37. The number of benzene rings is 1. The lowest BCUT2D eigenvalue weighted by molar-refractivity contribution is -0.147. The Kier molecular flexibility index (Phi) is 7.97. The van der Waals surface area contributed by atoms with Gasteiger partial charge in [-0.3, -0.25) is 0 Å². The van der Waals surface area contributed by atoms with E-state index in [9.17, 15) is 13.6 Å². The molecule has 3 aromatic rings. The first-order chi connectivity index (χ1) is 20.1. The highest BCUT2D eigenvalue weighted by Gasteiger charge is 2.50. The lowest BCUT2D eigenvalue weighted by Gasteiger charge is -2.30. The Morgan fingerprint density at radius 3 is 2.86 bits per heavy atom. The number of amides is 1. The second-order valence-electron chi connectivity index (χ2n) is 11.6. The van der Waals surface area contributed by atoms with Crippen molar-refractivity contribution in [3.05, 3.63) is 69.8 Å². The van der Waals surface area contributed by atoms with Crippen molar-refractivity contribution in [3.63, 3.8) is 0 Å². The van der Waals surface area contributed by atoms with Gasteiger partial charge in [0.15, 0.2) is 5.79 Å². The third-order valence-corrected chi connectivity index (χ3v) is 8.67.